The smallest absolute Gasteiger partial charge is 0.321 e. The van der Waals surface area contributed by atoms with Gasteiger partial charge in [-0.1, -0.05) is 0 Å². The zero-order chi connectivity index (χ0) is 12.1. The largest absolute Gasteiger partial charge is 0.480 e. The summed E-state index contributed by atoms with van der Waals surface area (Å²) in [4.78, 5) is 13.1. The van der Waals surface area contributed by atoms with E-state index < -0.39 is 12.0 Å². The van der Waals surface area contributed by atoms with E-state index in [4.69, 9.17) is 10.8 Å². The number of nitrogens with one attached hydrogen (secondary N) is 1. The highest BCUT2D eigenvalue weighted by Gasteiger charge is 2.12. The summed E-state index contributed by atoms with van der Waals surface area (Å²) in [6.45, 7) is 4.41. The van der Waals surface area contributed by atoms with Crippen molar-refractivity contribution in [1.29, 1.82) is 0 Å². The van der Waals surface area contributed by atoms with Gasteiger partial charge in [0.15, 0.2) is 0 Å². The van der Waals surface area contributed by atoms with Gasteiger partial charge in [0, 0.05) is 22.3 Å². The minimum Gasteiger partial charge on any atom is -0.480 e. The Kier molecular flexibility index (Phi) is 4.92. The number of carboxylic acids is 1. The Labute approximate surface area is 99.5 Å². The highest BCUT2D eigenvalue weighted by atomic mass is 32.1. The Morgan fingerprint density at radius 1 is 1.62 bits per heavy atom. The van der Waals surface area contributed by atoms with Crippen molar-refractivity contribution in [1.82, 2.24) is 5.32 Å². The number of hydrogen-bond acceptors (Lipinski definition) is 4. The van der Waals surface area contributed by atoms with Crippen LogP contribution in [0.25, 0.3) is 0 Å². The third-order valence-corrected chi connectivity index (χ3v) is 3.33. The molecule has 4 N–H and O–H groups in total. The van der Waals surface area contributed by atoms with Gasteiger partial charge in [0.2, 0.25) is 0 Å². The Morgan fingerprint density at radius 2 is 2.31 bits per heavy atom. The first-order valence-corrected chi connectivity index (χ1v) is 6.07. The summed E-state index contributed by atoms with van der Waals surface area (Å²) in [6, 6.07) is 3.61. The minimum absolute atomic E-state index is 0.239. The molecule has 2 unspecified atom stereocenters. The summed E-state index contributed by atoms with van der Waals surface area (Å²) < 4.78 is 0. The van der Waals surface area contributed by atoms with Gasteiger partial charge < -0.3 is 16.2 Å². The lowest BCUT2D eigenvalue weighted by Gasteiger charge is -2.14. The zero-order valence-electron chi connectivity index (χ0n) is 9.56. The first-order chi connectivity index (χ1) is 7.49. The Balaban J connectivity index is 2.31. The van der Waals surface area contributed by atoms with Crippen LogP contribution in [-0.2, 0) is 11.2 Å². The van der Waals surface area contributed by atoms with Gasteiger partial charge in [-0.15, -0.1) is 11.3 Å². The van der Waals surface area contributed by atoms with E-state index in [1.165, 1.54) is 9.75 Å². The summed E-state index contributed by atoms with van der Waals surface area (Å²) in [7, 11) is 0. The molecule has 90 valence electrons. The van der Waals surface area contributed by atoms with E-state index in [0.29, 0.717) is 6.54 Å². The fraction of sp³-hybridized carbons (Fsp3) is 0.545. The summed E-state index contributed by atoms with van der Waals surface area (Å²) >= 11 is 1.77. The van der Waals surface area contributed by atoms with Crippen molar-refractivity contribution < 1.29 is 9.90 Å². The fourth-order valence-electron chi connectivity index (χ4n) is 1.38. The first kappa shape index (κ1) is 13.2. The maximum Gasteiger partial charge on any atom is 0.321 e. The molecule has 0 aliphatic carbocycles. The molecule has 1 rings (SSSR count). The van der Waals surface area contributed by atoms with Crippen LogP contribution in [0, 0.1) is 6.92 Å². The average molecular weight is 242 g/mol. The van der Waals surface area contributed by atoms with Crippen LogP contribution in [0.2, 0.25) is 0 Å². The predicted molar refractivity (Wildman–Crippen MR) is 65.8 cm³/mol. The van der Waals surface area contributed by atoms with Crippen molar-refractivity contribution in [3.8, 4) is 0 Å². The highest BCUT2D eigenvalue weighted by molar-refractivity contribution is 7.11. The maximum atomic E-state index is 10.5. The van der Waals surface area contributed by atoms with Crippen LogP contribution in [0.1, 0.15) is 16.7 Å². The number of thiophene rings is 1. The predicted octanol–water partition coefficient (Wildman–Crippen LogP) is 0.989. The van der Waals surface area contributed by atoms with E-state index in [9.17, 15) is 4.79 Å². The molecule has 0 aliphatic heterocycles. The van der Waals surface area contributed by atoms with Crippen LogP contribution < -0.4 is 11.1 Å². The number of carbonyl (C=O) groups is 1. The third-order valence-electron chi connectivity index (χ3n) is 2.31. The molecule has 0 amide bonds. The number of hydrogen-bond donors (Lipinski definition) is 3. The number of rotatable bonds is 6. The zero-order valence-corrected chi connectivity index (χ0v) is 10.4. The minimum atomic E-state index is -0.966. The van der Waals surface area contributed by atoms with E-state index in [1.807, 2.05) is 6.92 Å². The normalized spacial score (nSPS) is 14.7. The van der Waals surface area contributed by atoms with E-state index in [1.54, 1.807) is 11.3 Å². The van der Waals surface area contributed by atoms with Crippen LogP contribution in [-0.4, -0.2) is 29.7 Å². The third kappa shape index (κ3) is 4.30. The van der Waals surface area contributed by atoms with E-state index >= 15 is 0 Å². The van der Waals surface area contributed by atoms with Gasteiger partial charge in [-0.3, -0.25) is 4.79 Å². The lowest BCUT2D eigenvalue weighted by molar-refractivity contribution is -0.138. The maximum absolute atomic E-state index is 10.5. The second kappa shape index (κ2) is 5.98. The number of nitrogens with two attached hydrogens (primary N) is 1. The molecule has 0 fully saturated rings. The van der Waals surface area contributed by atoms with Crippen molar-refractivity contribution >= 4 is 17.3 Å². The number of aliphatic carboxylic acids is 1. The SMILES string of the molecule is Cc1ccc(CC(C)NCC(N)C(=O)O)s1. The summed E-state index contributed by atoms with van der Waals surface area (Å²) in [6.07, 6.45) is 0.908. The van der Waals surface area contributed by atoms with Gasteiger partial charge in [-0.05, 0) is 32.4 Å². The van der Waals surface area contributed by atoms with E-state index in [0.717, 1.165) is 6.42 Å². The monoisotopic (exact) mass is 242 g/mol. The van der Waals surface area contributed by atoms with Crippen molar-refractivity contribution in [3.05, 3.63) is 21.9 Å². The summed E-state index contributed by atoms with van der Waals surface area (Å²) in [5.74, 6) is -0.966. The fourth-order valence-corrected chi connectivity index (χ4v) is 2.40. The summed E-state index contributed by atoms with van der Waals surface area (Å²) in [5, 5.41) is 11.7. The number of aryl methyl sites for hydroxylation is 1. The molecule has 1 heterocycles. The average Bonchev–Trinajstić information content (AvgIpc) is 2.60. The molecule has 0 saturated heterocycles. The Morgan fingerprint density at radius 3 is 2.81 bits per heavy atom. The number of carboxylic acid groups (broad SMARTS) is 1. The molecule has 0 aliphatic rings. The van der Waals surface area contributed by atoms with Gasteiger partial charge in [0.1, 0.15) is 6.04 Å². The van der Waals surface area contributed by atoms with Crippen LogP contribution in [0.3, 0.4) is 0 Å². The van der Waals surface area contributed by atoms with Crippen LogP contribution in [0.4, 0.5) is 0 Å². The molecule has 1 aromatic rings. The lowest BCUT2D eigenvalue weighted by Crippen LogP contribution is -2.43. The second-order valence-corrected chi connectivity index (χ2v) is 5.34. The molecule has 0 spiro atoms. The van der Waals surface area contributed by atoms with Gasteiger partial charge in [-0.2, -0.15) is 0 Å². The van der Waals surface area contributed by atoms with Crippen LogP contribution >= 0.6 is 11.3 Å². The van der Waals surface area contributed by atoms with Crippen molar-refractivity contribution in [3.63, 3.8) is 0 Å². The molecule has 2 atom stereocenters. The second-order valence-electron chi connectivity index (χ2n) is 3.97. The molecular formula is C11H18N2O2S. The Bertz CT molecular complexity index is 352. The summed E-state index contributed by atoms with van der Waals surface area (Å²) in [5.41, 5.74) is 5.40. The van der Waals surface area contributed by atoms with Crippen LogP contribution in [0.15, 0.2) is 12.1 Å². The van der Waals surface area contributed by atoms with Crippen molar-refractivity contribution in [2.45, 2.75) is 32.4 Å². The lowest BCUT2D eigenvalue weighted by atomic mass is 10.2. The molecule has 0 radical (unpaired) electrons. The quantitative estimate of drug-likeness (QED) is 0.695. The first-order valence-electron chi connectivity index (χ1n) is 5.26. The van der Waals surface area contributed by atoms with Gasteiger partial charge in [0.25, 0.3) is 0 Å². The molecular weight excluding hydrogens is 224 g/mol. The van der Waals surface area contributed by atoms with E-state index in [2.05, 4.69) is 24.4 Å². The van der Waals surface area contributed by atoms with Crippen molar-refractivity contribution in [2.24, 2.45) is 5.73 Å². The molecule has 5 heteroatoms. The van der Waals surface area contributed by atoms with Gasteiger partial charge >= 0.3 is 5.97 Å². The molecule has 0 bridgehead atoms. The molecule has 4 nitrogen and oxygen atoms in total. The highest BCUT2D eigenvalue weighted by Crippen LogP contribution is 2.16. The molecule has 1 aromatic heterocycles. The Hall–Kier alpha value is -0.910. The van der Waals surface area contributed by atoms with Gasteiger partial charge in [-0.25, -0.2) is 0 Å². The molecule has 0 saturated carbocycles. The van der Waals surface area contributed by atoms with E-state index in [-0.39, 0.29) is 6.04 Å². The van der Waals surface area contributed by atoms with Gasteiger partial charge in [0.05, 0.1) is 0 Å². The van der Waals surface area contributed by atoms with Crippen LogP contribution in [0.5, 0.6) is 0 Å². The topological polar surface area (TPSA) is 75.3 Å². The molecule has 0 aromatic carbocycles. The molecule has 16 heavy (non-hydrogen) atoms. The standard InChI is InChI=1S/C11H18N2O2S/c1-7(13-6-10(12)11(14)15)5-9-4-3-8(2)16-9/h3-4,7,10,13H,5-6,12H2,1-2H3,(H,14,15). The van der Waals surface area contributed by atoms with Crippen molar-refractivity contribution in [2.75, 3.05) is 6.54 Å².